The van der Waals surface area contributed by atoms with Gasteiger partial charge in [0.2, 0.25) is 11.7 Å². The Morgan fingerprint density at radius 1 is 1.07 bits per heavy atom. The summed E-state index contributed by atoms with van der Waals surface area (Å²) in [7, 11) is 0. The molecule has 1 aliphatic rings. The molecule has 7 nitrogen and oxygen atoms in total. The highest BCUT2D eigenvalue weighted by molar-refractivity contribution is 7.99. The molecule has 0 spiro atoms. The summed E-state index contributed by atoms with van der Waals surface area (Å²) in [5.41, 5.74) is 0.762. The Hall–Kier alpha value is -2.35. The summed E-state index contributed by atoms with van der Waals surface area (Å²) in [6.45, 7) is 4.46. The molecule has 0 aliphatic carbocycles. The molecular weight excluding hydrogens is 398 g/mol. The Bertz CT molecular complexity index is 1080. The fraction of sp³-hybridized carbons (Fsp3) is 0.545. The molecule has 1 amide bonds. The maximum atomic E-state index is 13.1. The van der Waals surface area contributed by atoms with Gasteiger partial charge in [-0.2, -0.15) is 0 Å². The average Bonchev–Trinajstić information content (AvgIpc) is 2.99. The molecule has 0 bridgehead atoms. The largest absolute Gasteiger partial charge is 0.342 e. The van der Waals surface area contributed by atoms with Crippen molar-refractivity contribution in [3.63, 3.8) is 0 Å². The number of amides is 1. The van der Waals surface area contributed by atoms with Crippen molar-refractivity contribution in [2.75, 3.05) is 18.8 Å². The number of thioether (sulfide) groups is 1. The number of fused-ring (bicyclic) bond motifs is 3. The van der Waals surface area contributed by atoms with Crippen LogP contribution in [-0.2, 0) is 11.3 Å². The zero-order valence-electron chi connectivity index (χ0n) is 17.5. The van der Waals surface area contributed by atoms with Crippen LogP contribution in [0.25, 0.3) is 16.7 Å². The molecule has 0 unspecified atom stereocenters. The van der Waals surface area contributed by atoms with Crippen molar-refractivity contribution in [3.05, 3.63) is 34.6 Å². The number of hydrogen-bond donors (Lipinski definition) is 0. The summed E-state index contributed by atoms with van der Waals surface area (Å²) < 4.78 is 3.66. The zero-order valence-corrected chi connectivity index (χ0v) is 18.4. The van der Waals surface area contributed by atoms with Gasteiger partial charge >= 0.3 is 0 Å². The Morgan fingerprint density at radius 2 is 1.83 bits per heavy atom. The Kier molecular flexibility index (Phi) is 6.72. The number of nitrogens with zero attached hydrogens (tertiary/aromatic N) is 5. The number of carbonyl (C=O) groups excluding carboxylic acids is 1. The maximum absolute atomic E-state index is 13.1. The van der Waals surface area contributed by atoms with Crippen LogP contribution in [0.4, 0.5) is 0 Å². The Balaban J connectivity index is 1.65. The van der Waals surface area contributed by atoms with Gasteiger partial charge in [0.05, 0.1) is 16.7 Å². The maximum Gasteiger partial charge on any atom is 0.262 e. The third-order valence-corrected chi connectivity index (χ3v) is 6.66. The number of hydrogen-bond acceptors (Lipinski definition) is 5. The Morgan fingerprint density at radius 3 is 2.60 bits per heavy atom. The topological polar surface area (TPSA) is 72.5 Å². The van der Waals surface area contributed by atoms with Crippen molar-refractivity contribution in [2.45, 2.75) is 63.6 Å². The summed E-state index contributed by atoms with van der Waals surface area (Å²) in [5, 5.41) is 10.0. The average molecular weight is 428 g/mol. The lowest BCUT2D eigenvalue weighted by Crippen LogP contribution is -2.33. The van der Waals surface area contributed by atoms with E-state index in [0.717, 1.165) is 50.7 Å². The lowest BCUT2D eigenvalue weighted by atomic mass is 10.2. The van der Waals surface area contributed by atoms with Crippen molar-refractivity contribution in [1.29, 1.82) is 0 Å². The highest BCUT2D eigenvalue weighted by Crippen LogP contribution is 2.22. The number of rotatable bonds is 7. The predicted octanol–water partition coefficient (Wildman–Crippen LogP) is 3.73. The van der Waals surface area contributed by atoms with Gasteiger partial charge in [-0.1, -0.05) is 56.5 Å². The third-order valence-electron chi connectivity index (χ3n) is 5.75. The molecule has 0 atom stereocenters. The molecular formula is C22H29N5O2S. The van der Waals surface area contributed by atoms with E-state index >= 15 is 0 Å². The normalized spacial score (nSPS) is 15.0. The number of para-hydroxylation sites is 1. The van der Waals surface area contributed by atoms with E-state index in [1.807, 2.05) is 33.6 Å². The summed E-state index contributed by atoms with van der Waals surface area (Å²) >= 11 is 1.41. The first-order valence-corrected chi connectivity index (χ1v) is 12.0. The van der Waals surface area contributed by atoms with Gasteiger partial charge in [0.1, 0.15) is 0 Å². The smallest absolute Gasteiger partial charge is 0.262 e. The molecule has 2 aromatic heterocycles. The van der Waals surface area contributed by atoms with Crippen LogP contribution in [0, 0.1) is 0 Å². The monoisotopic (exact) mass is 427 g/mol. The molecule has 0 N–H and O–H groups in total. The molecule has 3 aromatic rings. The first-order valence-electron chi connectivity index (χ1n) is 11.0. The summed E-state index contributed by atoms with van der Waals surface area (Å²) in [4.78, 5) is 27.8. The van der Waals surface area contributed by atoms with Crippen molar-refractivity contribution >= 4 is 34.3 Å². The van der Waals surface area contributed by atoms with Crippen LogP contribution in [0.1, 0.15) is 51.9 Å². The molecule has 4 rings (SSSR count). The van der Waals surface area contributed by atoms with Gasteiger partial charge in [0.25, 0.3) is 5.56 Å². The van der Waals surface area contributed by atoms with Gasteiger partial charge in [-0.25, -0.2) is 0 Å². The quantitative estimate of drug-likeness (QED) is 0.424. The standard InChI is InChI=1S/C22H29N5O2S/c1-2-3-8-15-26-20(29)17-11-6-7-12-18(17)27-21(26)23-24-22(27)30-16-19(28)25-13-9-4-5-10-14-25/h6-7,11-12H,2-5,8-10,13-16H2,1H3. The molecule has 30 heavy (non-hydrogen) atoms. The van der Waals surface area contributed by atoms with Crippen molar-refractivity contribution in [3.8, 4) is 0 Å². The van der Waals surface area contributed by atoms with Crippen LogP contribution in [-0.4, -0.2) is 48.8 Å². The van der Waals surface area contributed by atoms with Crippen LogP contribution in [0.2, 0.25) is 0 Å². The van der Waals surface area contributed by atoms with Crippen LogP contribution in [0.5, 0.6) is 0 Å². The summed E-state index contributed by atoms with van der Waals surface area (Å²) in [6.07, 6.45) is 7.64. The Labute approximate surface area is 180 Å². The highest BCUT2D eigenvalue weighted by atomic mass is 32.2. The second-order valence-corrected chi connectivity index (χ2v) is 8.83. The van der Waals surface area contributed by atoms with Crippen LogP contribution in [0.3, 0.4) is 0 Å². The molecule has 160 valence electrons. The summed E-state index contributed by atoms with van der Waals surface area (Å²) in [6, 6.07) is 7.57. The zero-order chi connectivity index (χ0) is 20.9. The number of unbranched alkanes of at least 4 members (excludes halogenated alkanes) is 2. The fourth-order valence-corrected chi connectivity index (χ4v) is 4.93. The number of aromatic nitrogens is 4. The highest BCUT2D eigenvalue weighted by Gasteiger charge is 2.20. The lowest BCUT2D eigenvalue weighted by molar-refractivity contribution is -0.128. The van der Waals surface area contributed by atoms with E-state index in [0.29, 0.717) is 28.6 Å². The molecule has 3 heterocycles. The van der Waals surface area contributed by atoms with E-state index in [4.69, 9.17) is 0 Å². The van der Waals surface area contributed by atoms with Gasteiger partial charge in [0.15, 0.2) is 5.16 Å². The van der Waals surface area contributed by atoms with Gasteiger partial charge in [-0.3, -0.25) is 18.6 Å². The van der Waals surface area contributed by atoms with E-state index in [1.165, 1.54) is 24.6 Å². The predicted molar refractivity (Wildman–Crippen MR) is 120 cm³/mol. The van der Waals surface area contributed by atoms with Gasteiger partial charge in [-0.05, 0) is 31.4 Å². The van der Waals surface area contributed by atoms with Crippen LogP contribution < -0.4 is 5.56 Å². The minimum atomic E-state index is -0.0289. The van der Waals surface area contributed by atoms with Crippen molar-refractivity contribution in [1.82, 2.24) is 24.1 Å². The number of aryl methyl sites for hydroxylation is 1. The molecule has 1 fully saturated rings. The fourth-order valence-electron chi connectivity index (χ4n) is 4.09. The molecule has 0 radical (unpaired) electrons. The molecule has 1 aromatic carbocycles. The first kappa shape index (κ1) is 20.9. The molecule has 1 aliphatic heterocycles. The van der Waals surface area contributed by atoms with Gasteiger partial charge in [-0.15, -0.1) is 10.2 Å². The van der Waals surface area contributed by atoms with E-state index in [9.17, 15) is 9.59 Å². The third kappa shape index (κ3) is 4.24. The number of benzene rings is 1. The van der Waals surface area contributed by atoms with Gasteiger partial charge in [0, 0.05) is 19.6 Å². The second kappa shape index (κ2) is 9.64. The number of likely N-dealkylation sites (tertiary alicyclic amines) is 1. The van der Waals surface area contributed by atoms with Crippen LogP contribution in [0.15, 0.2) is 34.2 Å². The van der Waals surface area contributed by atoms with E-state index in [2.05, 4.69) is 17.1 Å². The lowest BCUT2D eigenvalue weighted by Gasteiger charge is -2.19. The first-order chi connectivity index (χ1) is 14.7. The minimum absolute atomic E-state index is 0.0289. The van der Waals surface area contributed by atoms with E-state index in [1.54, 1.807) is 4.57 Å². The second-order valence-electron chi connectivity index (χ2n) is 7.88. The SMILES string of the molecule is CCCCCn1c(=O)c2ccccc2n2c(SCC(=O)N3CCCCCC3)nnc12. The molecule has 0 saturated carbocycles. The van der Waals surface area contributed by atoms with Crippen LogP contribution >= 0.6 is 11.8 Å². The number of carbonyl (C=O) groups is 1. The van der Waals surface area contributed by atoms with Crippen molar-refractivity contribution in [2.24, 2.45) is 0 Å². The van der Waals surface area contributed by atoms with Crippen molar-refractivity contribution < 1.29 is 4.79 Å². The minimum Gasteiger partial charge on any atom is -0.342 e. The molecule has 8 heteroatoms. The molecule has 1 saturated heterocycles. The van der Waals surface area contributed by atoms with E-state index < -0.39 is 0 Å². The van der Waals surface area contributed by atoms with E-state index in [-0.39, 0.29) is 11.5 Å². The van der Waals surface area contributed by atoms with Gasteiger partial charge < -0.3 is 4.90 Å². The summed E-state index contributed by atoms with van der Waals surface area (Å²) in [5.74, 6) is 1.04.